The van der Waals surface area contributed by atoms with Crippen molar-refractivity contribution < 1.29 is 4.79 Å². The van der Waals surface area contributed by atoms with Gasteiger partial charge in [0.05, 0.1) is 16.7 Å². The van der Waals surface area contributed by atoms with Crippen LogP contribution in [0.4, 0.5) is 5.82 Å². The third-order valence-corrected chi connectivity index (χ3v) is 3.56. The summed E-state index contributed by atoms with van der Waals surface area (Å²) in [6.45, 7) is 2.67. The average Bonchev–Trinajstić information content (AvgIpc) is 3.27. The predicted octanol–water partition coefficient (Wildman–Crippen LogP) is 2.41. The van der Waals surface area contributed by atoms with Gasteiger partial charge in [0.2, 0.25) is 5.91 Å². The maximum Gasteiger partial charge on any atom is 0.220 e. The minimum absolute atomic E-state index is 0.153. The number of nitrogens with zero attached hydrogens (tertiary/aromatic N) is 2. The Morgan fingerprint density at radius 3 is 2.67 bits per heavy atom. The number of aryl methyl sites for hydroxylation is 1. The molecule has 1 heterocycles. The lowest BCUT2D eigenvalue weighted by Crippen LogP contribution is -2.25. The smallest absolute Gasteiger partial charge is 0.220 e. The molecule has 2 aromatic rings. The van der Waals surface area contributed by atoms with Crippen molar-refractivity contribution in [3.63, 3.8) is 0 Å². The van der Waals surface area contributed by atoms with Gasteiger partial charge in [0, 0.05) is 19.0 Å². The number of anilines is 1. The number of para-hydroxylation sites is 2. The van der Waals surface area contributed by atoms with Crippen LogP contribution in [-0.2, 0) is 4.79 Å². The fourth-order valence-electron chi connectivity index (χ4n) is 2.24. The molecule has 0 aliphatic heterocycles. The van der Waals surface area contributed by atoms with E-state index in [0.717, 1.165) is 48.4 Å². The van der Waals surface area contributed by atoms with E-state index in [1.54, 1.807) is 0 Å². The summed E-state index contributed by atoms with van der Waals surface area (Å²) in [4.78, 5) is 20.7. The van der Waals surface area contributed by atoms with Gasteiger partial charge in [-0.3, -0.25) is 4.79 Å². The van der Waals surface area contributed by atoms with E-state index in [0.29, 0.717) is 12.5 Å². The van der Waals surface area contributed by atoms with Crippen molar-refractivity contribution in [3.8, 4) is 0 Å². The molecule has 0 spiro atoms. The Morgan fingerprint density at radius 2 is 1.95 bits per heavy atom. The quantitative estimate of drug-likeness (QED) is 0.799. The number of amides is 1. The standard InChI is InChI=1S/C16H20N4O/c1-11-16(20-14-6-3-2-5-13(14)18-11)17-10-4-7-15(21)19-12-8-9-12/h2-3,5-6,12H,4,7-10H2,1H3,(H,17,20)(H,19,21). The number of nitrogens with one attached hydrogen (secondary N) is 2. The van der Waals surface area contributed by atoms with Crippen LogP contribution in [0.1, 0.15) is 31.4 Å². The summed E-state index contributed by atoms with van der Waals surface area (Å²) in [6.07, 6.45) is 3.63. The van der Waals surface area contributed by atoms with Gasteiger partial charge in [-0.25, -0.2) is 9.97 Å². The Kier molecular flexibility index (Phi) is 3.99. The number of benzene rings is 1. The number of hydrogen-bond donors (Lipinski definition) is 2. The van der Waals surface area contributed by atoms with Gasteiger partial charge in [0.25, 0.3) is 0 Å². The van der Waals surface area contributed by atoms with Crippen molar-refractivity contribution in [1.29, 1.82) is 0 Å². The molecule has 1 amide bonds. The predicted molar refractivity (Wildman–Crippen MR) is 83.2 cm³/mol. The molecular weight excluding hydrogens is 264 g/mol. The molecule has 0 saturated heterocycles. The summed E-state index contributed by atoms with van der Waals surface area (Å²) in [5.41, 5.74) is 2.68. The van der Waals surface area contributed by atoms with Crippen LogP contribution in [0.2, 0.25) is 0 Å². The van der Waals surface area contributed by atoms with Crippen LogP contribution in [0.25, 0.3) is 11.0 Å². The lowest BCUT2D eigenvalue weighted by Gasteiger charge is -2.09. The van der Waals surface area contributed by atoms with Gasteiger partial charge in [0.15, 0.2) is 0 Å². The highest BCUT2D eigenvalue weighted by atomic mass is 16.1. The fraction of sp³-hybridized carbons (Fsp3) is 0.438. The molecule has 1 aliphatic carbocycles. The first-order valence-electron chi connectivity index (χ1n) is 7.49. The largest absolute Gasteiger partial charge is 0.369 e. The SMILES string of the molecule is Cc1nc2ccccc2nc1NCCCC(=O)NC1CC1. The monoisotopic (exact) mass is 284 g/mol. The van der Waals surface area contributed by atoms with Gasteiger partial charge >= 0.3 is 0 Å². The van der Waals surface area contributed by atoms with Gasteiger partial charge in [-0.2, -0.15) is 0 Å². The van der Waals surface area contributed by atoms with E-state index in [2.05, 4.69) is 20.6 Å². The Hall–Kier alpha value is -2.17. The summed E-state index contributed by atoms with van der Waals surface area (Å²) >= 11 is 0. The first-order chi connectivity index (χ1) is 10.2. The highest BCUT2D eigenvalue weighted by molar-refractivity contribution is 5.77. The number of aromatic nitrogens is 2. The second-order valence-corrected chi connectivity index (χ2v) is 5.52. The van der Waals surface area contributed by atoms with Gasteiger partial charge in [-0.15, -0.1) is 0 Å². The number of carbonyl (C=O) groups excluding carboxylic acids is 1. The van der Waals surface area contributed by atoms with Gasteiger partial charge in [-0.05, 0) is 38.3 Å². The second-order valence-electron chi connectivity index (χ2n) is 5.52. The number of carbonyl (C=O) groups is 1. The zero-order valence-electron chi connectivity index (χ0n) is 12.2. The minimum Gasteiger partial charge on any atom is -0.369 e. The van der Waals surface area contributed by atoms with Crippen molar-refractivity contribution in [2.24, 2.45) is 0 Å². The summed E-state index contributed by atoms with van der Waals surface area (Å²) in [5.74, 6) is 0.955. The van der Waals surface area contributed by atoms with Gasteiger partial charge < -0.3 is 10.6 Å². The topological polar surface area (TPSA) is 66.9 Å². The molecule has 1 saturated carbocycles. The van der Waals surface area contributed by atoms with Crippen LogP contribution in [0.5, 0.6) is 0 Å². The molecule has 110 valence electrons. The molecule has 1 fully saturated rings. The molecule has 1 aromatic heterocycles. The molecule has 0 unspecified atom stereocenters. The molecule has 0 radical (unpaired) electrons. The maximum absolute atomic E-state index is 11.6. The third kappa shape index (κ3) is 3.68. The summed E-state index contributed by atoms with van der Waals surface area (Å²) in [6, 6.07) is 8.27. The fourth-order valence-corrected chi connectivity index (χ4v) is 2.24. The Morgan fingerprint density at radius 1 is 1.24 bits per heavy atom. The van der Waals surface area contributed by atoms with Crippen molar-refractivity contribution in [2.45, 2.75) is 38.6 Å². The Bertz CT molecular complexity index is 652. The number of rotatable bonds is 6. The molecule has 0 bridgehead atoms. The van der Waals surface area contributed by atoms with Crippen molar-refractivity contribution in [2.75, 3.05) is 11.9 Å². The average molecular weight is 284 g/mol. The van der Waals surface area contributed by atoms with E-state index in [4.69, 9.17) is 0 Å². The van der Waals surface area contributed by atoms with Crippen LogP contribution in [0.3, 0.4) is 0 Å². The molecule has 0 atom stereocenters. The van der Waals surface area contributed by atoms with Gasteiger partial charge in [-0.1, -0.05) is 12.1 Å². The van der Waals surface area contributed by atoms with E-state index in [-0.39, 0.29) is 5.91 Å². The summed E-state index contributed by atoms with van der Waals surface area (Å²) < 4.78 is 0. The molecular formula is C16H20N4O. The molecule has 3 rings (SSSR count). The van der Waals surface area contributed by atoms with E-state index >= 15 is 0 Å². The van der Waals surface area contributed by atoms with Crippen molar-refractivity contribution in [3.05, 3.63) is 30.0 Å². The van der Waals surface area contributed by atoms with Crippen LogP contribution in [-0.4, -0.2) is 28.5 Å². The lowest BCUT2D eigenvalue weighted by atomic mass is 10.2. The van der Waals surface area contributed by atoms with Crippen LogP contribution in [0.15, 0.2) is 24.3 Å². The second kappa shape index (κ2) is 6.08. The Balaban J connectivity index is 1.52. The normalized spacial score (nSPS) is 14.1. The minimum atomic E-state index is 0.153. The molecule has 2 N–H and O–H groups in total. The maximum atomic E-state index is 11.6. The zero-order chi connectivity index (χ0) is 14.7. The molecule has 21 heavy (non-hydrogen) atoms. The lowest BCUT2D eigenvalue weighted by molar-refractivity contribution is -0.121. The van der Waals surface area contributed by atoms with Crippen molar-refractivity contribution >= 4 is 22.8 Å². The summed E-state index contributed by atoms with van der Waals surface area (Å²) in [5, 5.41) is 6.27. The van der Waals surface area contributed by atoms with E-state index in [9.17, 15) is 4.79 Å². The Labute approximate surface area is 124 Å². The highest BCUT2D eigenvalue weighted by Crippen LogP contribution is 2.19. The highest BCUT2D eigenvalue weighted by Gasteiger charge is 2.22. The molecule has 1 aromatic carbocycles. The molecule has 5 heteroatoms. The van der Waals surface area contributed by atoms with Crippen LogP contribution >= 0.6 is 0 Å². The van der Waals surface area contributed by atoms with Crippen molar-refractivity contribution in [1.82, 2.24) is 15.3 Å². The number of hydrogen-bond acceptors (Lipinski definition) is 4. The van der Waals surface area contributed by atoms with E-state index in [1.807, 2.05) is 31.2 Å². The summed E-state index contributed by atoms with van der Waals surface area (Å²) in [7, 11) is 0. The number of fused-ring (bicyclic) bond motifs is 1. The first-order valence-corrected chi connectivity index (χ1v) is 7.49. The zero-order valence-corrected chi connectivity index (χ0v) is 12.2. The third-order valence-electron chi connectivity index (χ3n) is 3.56. The molecule has 1 aliphatic rings. The first kappa shape index (κ1) is 13.8. The van der Waals surface area contributed by atoms with Crippen LogP contribution < -0.4 is 10.6 Å². The van der Waals surface area contributed by atoms with E-state index in [1.165, 1.54) is 0 Å². The van der Waals surface area contributed by atoms with Crippen LogP contribution in [0, 0.1) is 6.92 Å². The van der Waals surface area contributed by atoms with E-state index < -0.39 is 0 Å². The molecule has 5 nitrogen and oxygen atoms in total. The van der Waals surface area contributed by atoms with Gasteiger partial charge in [0.1, 0.15) is 5.82 Å².